The number of amides is 1. The average molecular weight is 296 g/mol. The van der Waals surface area contributed by atoms with Crippen LogP contribution < -0.4 is 11.1 Å². The summed E-state index contributed by atoms with van der Waals surface area (Å²) in [6, 6.07) is 7.18. The van der Waals surface area contributed by atoms with E-state index in [4.69, 9.17) is 11.0 Å². The third-order valence-corrected chi connectivity index (χ3v) is 3.00. The van der Waals surface area contributed by atoms with E-state index in [0.717, 1.165) is 4.47 Å². The van der Waals surface area contributed by atoms with Crippen molar-refractivity contribution in [1.82, 2.24) is 0 Å². The van der Waals surface area contributed by atoms with Gasteiger partial charge in [-0.15, -0.1) is 0 Å². The molecule has 1 rings (SSSR count). The predicted molar refractivity (Wildman–Crippen MR) is 70.3 cm³/mol. The molecule has 1 unspecified atom stereocenters. The third kappa shape index (κ3) is 3.55. The van der Waals surface area contributed by atoms with Crippen LogP contribution in [0.4, 0.5) is 5.69 Å². The number of benzene rings is 1. The Balaban J connectivity index is 2.89. The summed E-state index contributed by atoms with van der Waals surface area (Å²) in [6.45, 7) is 2.21. The van der Waals surface area contributed by atoms with Crippen molar-refractivity contribution in [3.05, 3.63) is 28.2 Å². The van der Waals surface area contributed by atoms with Crippen LogP contribution in [0.3, 0.4) is 0 Å². The highest BCUT2D eigenvalue weighted by molar-refractivity contribution is 9.10. The second-order valence-electron chi connectivity index (χ2n) is 3.63. The summed E-state index contributed by atoms with van der Waals surface area (Å²) in [6.07, 6.45) is 0.681. The molecule has 0 saturated carbocycles. The lowest BCUT2D eigenvalue weighted by Gasteiger charge is -2.13. The largest absolute Gasteiger partial charge is 0.330 e. The number of nitriles is 1. The van der Waals surface area contributed by atoms with E-state index < -0.39 is 0 Å². The highest BCUT2D eigenvalue weighted by Crippen LogP contribution is 2.21. The van der Waals surface area contributed by atoms with Crippen LogP contribution in [0.1, 0.15) is 18.9 Å². The van der Waals surface area contributed by atoms with E-state index in [1.807, 2.05) is 13.0 Å². The van der Waals surface area contributed by atoms with E-state index in [9.17, 15) is 4.79 Å². The molecule has 17 heavy (non-hydrogen) atoms. The Morgan fingerprint density at radius 2 is 2.35 bits per heavy atom. The van der Waals surface area contributed by atoms with Crippen LogP contribution in [-0.2, 0) is 4.79 Å². The first kappa shape index (κ1) is 13.7. The zero-order valence-electron chi connectivity index (χ0n) is 9.53. The average Bonchev–Trinajstić information content (AvgIpc) is 2.33. The van der Waals surface area contributed by atoms with Crippen molar-refractivity contribution in [2.75, 3.05) is 11.9 Å². The second kappa shape index (κ2) is 6.38. The van der Waals surface area contributed by atoms with E-state index >= 15 is 0 Å². The molecule has 0 aliphatic carbocycles. The molecule has 0 aliphatic rings. The molecule has 4 nitrogen and oxygen atoms in total. The number of carbonyl (C=O) groups excluding carboxylic acids is 1. The Morgan fingerprint density at radius 3 is 2.88 bits per heavy atom. The number of rotatable bonds is 4. The van der Waals surface area contributed by atoms with Gasteiger partial charge < -0.3 is 11.1 Å². The number of hydrogen-bond acceptors (Lipinski definition) is 3. The third-order valence-electron chi connectivity index (χ3n) is 2.51. The summed E-state index contributed by atoms with van der Waals surface area (Å²) >= 11 is 3.28. The first-order valence-electron chi connectivity index (χ1n) is 5.33. The lowest BCUT2D eigenvalue weighted by Crippen LogP contribution is -2.28. The lowest BCUT2D eigenvalue weighted by molar-refractivity contribution is -0.119. The van der Waals surface area contributed by atoms with Gasteiger partial charge in [0.05, 0.1) is 17.2 Å². The summed E-state index contributed by atoms with van der Waals surface area (Å²) in [5.41, 5.74) is 6.45. The molecule has 0 aliphatic heterocycles. The monoisotopic (exact) mass is 295 g/mol. The van der Waals surface area contributed by atoms with Gasteiger partial charge in [-0.2, -0.15) is 5.26 Å². The van der Waals surface area contributed by atoms with Gasteiger partial charge >= 0.3 is 0 Å². The Kier molecular flexibility index (Phi) is 5.13. The maximum Gasteiger partial charge on any atom is 0.228 e. The molecule has 0 spiro atoms. The highest BCUT2D eigenvalue weighted by Gasteiger charge is 2.15. The van der Waals surface area contributed by atoms with Crippen LogP contribution >= 0.6 is 15.9 Å². The van der Waals surface area contributed by atoms with Gasteiger partial charge in [-0.05, 0) is 24.6 Å². The van der Waals surface area contributed by atoms with Gasteiger partial charge in [0.15, 0.2) is 0 Å². The fourth-order valence-corrected chi connectivity index (χ4v) is 1.77. The quantitative estimate of drug-likeness (QED) is 0.894. The van der Waals surface area contributed by atoms with Gasteiger partial charge in [0, 0.05) is 11.0 Å². The fourth-order valence-electron chi connectivity index (χ4n) is 1.41. The SMILES string of the molecule is CCC(CN)C(=O)Nc1ccc(Br)cc1C#N. The van der Waals surface area contributed by atoms with Crippen LogP contribution in [0.15, 0.2) is 22.7 Å². The number of hydrogen-bond donors (Lipinski definition) is 2. The van der Waals surface area contributed by atoms with Gasteiger partial charge in [-0.3, -0.25) is 4.79 Å². The molecule has 3 N–H and O–H groups in total. The molecule has 1 aromatic rings. The number of halogens is 1. The smallest absolute Gasteiger partial charge is 0.228 e. The van der Waals surface area contributed by atoms with Crippen molar-refractivity contribution in [3.63, 3.8) is 0 Å². The van der Waals surface area contributed by atoms with Gasteiger partial charge in [0.25, 0.3) is 0 Å². The van der Waals surface area contributed by atoms with Crippen LogP contribution in [0.5, 0.6) is 0 Å². The molecular formula is C12H14BrN3O. The minimum Gasteiger partial charge on any atom is -0.330 e. The number of carbonyl (C=O) groups is 1. The van der Waals surface area contributed by atoms with Crippen molar-refractivity contribution in [1.29, 1.82) is 5.26 Å². The summed E-state index contributed by atoms with van der Waals surface area (Å²) in [7, 11) is 0. The van der Waals surface area contributed by atoms with E-state index in [2.05, 4.69) is 21.2 Å². The molecule has 0 radical (unpaired) electrons. The van der Waals surface area contributed by atoms with Crippen molar-refractivity contribution < 1.29 is 4.79 Å². The molecule has 0 heterocycles. The maximum absolute atomic E-state index is 11.8. The Hall–Kier alpha value is -1.38. The number of nitrogens with two attached hydrogens (primary N) is 1. The maximum atomic E-state index is 11.8. The van der Waals surface area contributed by atoms with E-state index in [-0.39, 0.29) is 11.8 Å². The lowest BCUT2D eigenvalue weighted by atomic mass is 10.1. The van der Waals surface area contributed by atoms with E-state index in [1.165, 1.54) is 0 Å². The Bertz CT molecular complexity index is 450. The molecule has 0 fully saturated rings. The van der Waals surface area contributed by atoms with Crippen LogP contribution in [0, 0.1) is 17.2 Å². The Morgan fingerprint density at radius 1 is 1.65 bits per heavy atom. The van der Waals surface area contributed by atoms with Crippen LogP contribution in [0.25, 0.3) is 0 Å². The molecule has 90 valence electrons. The minimum absolute atomic E-state index is 0.145. The molecule has 0 aromatic heterocycles. The first-order chi connectivity index (χ1) is 8.12. The zero-order valence-corrected chi connectivity index (χ0v) is 11.1. The Labute approximate surface area is 109 Å². The summed E-state index contributed by atoms with van der Waals surface area (Å²) in [4.78, 5) is 11.8. The van der Waals surface area contributed by atoms with E-state index in [1.54, 1.807) is 18.2 Å². The highest BCUT2D eigenvalue weighted by atomic mass is 79.9. The van der Waals surface area contributed by atoms with Crippen molar-refractivity contribution >= 4 is 27.5 Å². The molecule has 0 saturated heterocycles. The topological polar surface area (TPSA) is 78.9 Å². The second-order valence-corrected chi connectivity index (χ2v) is 4.55. The molecule has 0 bridgehead atoms. The minimum atomic E-state index is -0.217. The van der Waals surface area contributed by atoms with Gasteiger partial charge in [-0.1, -0.05) is 22.9 Å². The molecule has 1 aromatic carbocycles. The normalized spacial score (nSPS) is 11.6. The summed E-state index contributed by atoms with van der Waals surface area (Å²) in [5, 5.41) is 11.7. The standard InChI is InChI=1S/C12H14BrN3O/c1-2-8(6-14)12(17)16-11-4-3-10(13)5-9(11)7-15/h3-5,8H,2,6,14H2,1H3,(H,16,17). The van der Waals surface area contributed by atoms with Crippen LogP contribution in [-0.4, -0.2) is 12.5 Å². The molecule has 1 amide bonds. The molecule has 5 heteroatoms. The molecule has 1 atom stereocenters. The number of nitrogens with one attached hydrogen (secondary N) is 1. The zero-order chi connectivity index (χ0) is 12.8. The van der Waals surface area contributed by atoms with E-state index in [0.29, 0.717) is 24.2 Å². The fraction of sp³-hybridized carbons (Fsp3) is 0.333. The summed E-state index contributed by atoms with van der Waals surface area (Å²) < 4.78 is 0.804. The van der Waals surface area contributed by atoms with Gasteiger partial charge in [0.2, 0.25) is 5.91 Å². The van der Waals surface area contributed by atoms with Crippen molar-refractivity contribution in [3.8, 4) is 6.07 Å². The van der Waals surface area contributed by atoms with Gasteiger partial charge in [-0.25, -0.2) is 0 Å². The molecular weight excluding hydrogens is 282 g/mol. The summed E-state index contributed by atoms with van der Waals surface area (Å²) in [5.74, 6) is -0.362. The van der Waals surface area contributed by atoms with Crippen LogP contribution in [0.2, 0.25) is 0 Å². The van der Waals surface area contributed by atoms with Crippen molar-refractivity contribution in [2.45, 2.75) is 13.3 Å². The van der Waals surface area contributed by atoms with Crippen molar-refractivity contribution in [2.24, 2.45) is 11.7 Å². The first-order valence-corrected chi connectivity index (χ1v) is 6.12. The van der Waals surface area contributed by atoms with Gasteiger partial charge in [0.1, 0.15) is 6.07 Å². The number of nitrogens with zero attached hydrogens (tertiary/aromatic N) is 1. The predicted octanol–water partition coefficient (Wildman–Crippen LogP) is 2.24. The number of anilines is 1.